The van der Waals surface area contributed by atoms with Gasteiger partial charge in [0.1, 0.15) is 0 Å². The molecular formula is C22H22N4O3S2. The second-order valence-electron chi connectivity index (χ2n) is 7.12. The van der Waals surface area contributed by atoms with E-state index in [-0.39, 0.29) is 17.6 Å². The minimum Gasteiger partial charge on any atom is -0.468 e. The molecule has 0 bridgehead atoms. The highest BCUT2D eigenvalue weighted by Crippen LogP contribution is 2.26. The molecule has 2 aromatic carbocycles. The summed E-state index contributed by atoms with van der Waals surface area (Å²) in [4.78, 5) is 26.1. The van der Waals surface area contributed by atoms with Crippen LogP contribution in [0.4, 0.5) is 5.13 Å². The number of amides is 1. The monoisotopic (exact) mass is 454 g/mol. The molecule has 0 fully saturated rings. The molecule has 31 heavy (non-hydrogen) atoms. The number of fused-ring (bicyclic) bond motifs is 1. The van der Waals surface area contributed by atoms with Crippen LogP contribution in [0.3, 0.4) is 0 Å². The van der Waals surface area contributed by atoms with Gasteiger partial charge in [-0.15, -0.1) is 10.2 Å². The number of nitrogens with zero attached hydrogens (tertiary/aromatic N) is 3. The van der Waals surface area contributed by atoms with Crippen molar-refractivity contribution in [1.82, 2.24) is 15.1 Å². The summed E-state index contributed by atoms with van der Waals surface area (Å²) in [6.07, 6.45) is 1.07. The number of rotatable bonds is 7. The molecule has 1 N–H and O–H groups in total. The van der Waals surface area contributed by atoms with Crippen LogP contribution >= 0.6 is 23.1 Å². The van der Waals surface area contributed by atoms with Crippen molar-refractivity contribution < 1.29 is 14.3 Å². The topological polar surface area (TPSA) is 84.4 Å². The lowest BCUT2D eigenvalue weighted by Gasteiger charge is -2.28. The Kier molecular flexibility index (Phi) is 6.96. The molecule has 3 aromatic rings. The first kappa shape index (κ1) is 21.5. The zero-order valence-electron chi connectivity index (χ0n) is 17.0. The molecule has 2 heterocycles. The van der Waals surface area contributed by atoms with Crippen molar-refractivity contribution in [3.05, 3.63) is 70.8 Å². The Morgan fingerprint density at radius 2 is 1.90 bits per heavy atom. The van der Waals surface area contributed by atoms with E-state index in [4.69, 9.17) is 0 Å². The first-order chi connectivity index (χ1) is 15.1. The van der Waals surface area contributed by atoms with Crippen molar-refractivity contribution in [2.45, 2.75) is 23.8 Å². The van der Waals surface area contributed by atoms with Crippen LogP contribution in [0, 0.1) is 0 Å². The second-order valence-corrected chi connectivity index (χ2v) is 9.32. The molecule has 1 amide bonds. The van der Waals surface area contributed by atoms with Crippen LogP contribution < -0.4 is 5.32 Å². The predicted molar refractivity (Wildman–Crippen MR) is 121 cm³/mol. The van der Waals surface area contributed by atoms with Crippen molar-refractivity contribution >= 4 is 40.1 Å². The van der Waals surface area contributed by atoms with Gasteiger partial charge in [-0.3, -0.25) is 19.8 Å². The lowest BCUT2D eigenvalue weighted by Crippen LogP contribution is -2.29. The number of anilines is 1. The van der Waals surface area contributed by atoms with Gasteiger partial charge in [-0.2, -0.15) is 0 Å². The number of methoxy groups -OCH3 is 1. The zero-order valence-corrected chi connectivity index (χ0v) is 18.7. The number of hydrogen-bond acceptors (Lipinski definition) is 8. The van der Waals surface area contributed by atoms with E-state index >= 15 is 0 Å². The third-order valence-electron chi connectivity index (χ3n) is 5.00. The Labute approximate surface area is 188 Å². The van der Waals surface area contributed by atoms with Crippen molar-refractivity contribution in [1.29, 1.82) is 0 Å². The molecule has 0 saturated heterocycles. The summed E-state index contributed by atoms with van der Waals surface area (Å²) in [6, 6.07) is 16.2. The number of thioether (sulfide) groups is 1. The molecule has 1 aliphatic heterocycles. The van der Waals surface area contributed by atoms with Crippen molar-refractivity contribution in [3.8, 4) is 0 Å². The summed E-state index contributed by atoms with van der Waals surface area (Å²) in [5, 5.41) is 11.1. The first-order valence-electron chi connectivity index (χ1n) is 9.83. The Morgan fingerprint density at radius 3 is 2.68 bits per heavy atom. The van der Waals surface area contributed by atoms with Gasteiger partial charge in [-0.1, -0.05) is 59.5 Å². The van der Waals surface area contributed by atoms with Crippen LogP contribution in [0.2, 0.25) is 0 Å². The molecule has 0 saturated carbocycles. The summed E-state index contributed by atoms with van der Waals surface area (Å²) >= 11 is 2.45. The van der Waals surface area contributed by atoms with E-state index in [1.165, 1.54) is 46.9 Å². The van der Waals surface area contributed by atoms with Gasteiger partial charge in [0.25, 0.3) is 5.91 Å². The fourth-order valence-electron chi connectivity index (χ4n) is 3.38. The van der Waals surface area contributed by atoms with Crippen molar-refractivity contribution in [2.75, 3.05) is 24.7 Å². The van der Waals surface area contributed by atoms with E-state index in [1.807, 2.05) is 24.3 Å². The second kappa shape index (κ2) is 10.0. The maximum atomic E-state index is 12.5. The fourth-order valence-corrected chi connectivity index (χ4v) is 4.96. The van der Waals surface area contributed by atoms with Gasteiger partial charge in [0.05, 0.1) is 12.9 Å². The number of benzene rings is 2. The van der Waals surface area contributed by atoms with Crippen LogP contribution in [0.5, 0.6) is 0 Å². The Hall–Kier alpha value is -2.75. The number of esters is 1. The minimum atomic E-state index is -0.334. The number of carbonyl (C=O) groups excluding carboxylic acids is 2. The van der Waals surface area contributed by atoms with E-state index in [0.717, 1.165) is 26.1 Å². The largest absolute Gasteiger partial charge is 0.468 e. The summed E-state index contributed by atoms with van der Waals surface area (Å²) in [7, 11) is 1.34. The SMILES string of the molecule is COC(=O)CSc1nnc(NC(=O)c2ccc(CN3CCc4ccccc4C3)cc2)s1. The molecular weight excluding hydrogens is 432 g/mol. The number of carbonyl (C=O) groups is 2. The van der Waals surface area contributed by atoms with Gasteiger partial charge < -0.3 is 4.74 Å². The highest BCUT2D eigenvalue weighted by molar-refractivity contribution is 8.01. The maximum Gasteiger partial charge on any atom is 0.316 e. The molecule has 160 valence electrons. The van der Waals surface area contributed by atoms with Crippen molar-refractivity contribution in [3.63, 3.8) is 0 Å². The molecule has 9 heteroatoms. The van der Waals surface area contributed by atoms with Gasteiger partial charge in [0, 0.05) is 25.2 Å². The number of aromatic nitrogens is 2. The van der Waals surface area contributed by atoms with Crippen LogP contribution in [-0.4, -0.2) is 46.4 Å². The van der Waals surface area contributed by atoms with Gasteiger partial charge in [-0.25, -0.2) is 0 Å². The smallest absolute Gasteiger partial charge is 0.316 e. The maximum absolute atomic E-state index is 12.5. The van der Waals surface area contributed by atoms with E-state index in [9.17, 15) is 9.59 Å². The molecule has 0 radical (unpaired) electrons. The molecule has 0 spiro atoms. The molecule has 1 aromatic heterocycles. The highest BCUT2D eigenvalue weighted by atomic mass is 32.2. The van der Waals surface area contributed by atoms with Crippen molar-refractivity contribution in [2.24, 2.45) is 0 Å². The zero-order chi connectivity index (χ0) is 21.6. The normalized spacial score (nSPS) is 13.5. The molecule has 0 aliphatic carbocycles. The number of nitrogens with one attached hydrogen (secondary N) is 1. The number of ether oxygens (including phenoxy) is 1. The summed E-state index contributed by atoms with van der Waals surface area (Å²) < 4.78 is 5.19. The summed E-state index contributed by atoms with van der Waals surface area (Å²) in [6.45, 7) is 2.84. The molecule has 1 aliphatic rings. The lowest BCUT2D eigenvalue weighted by atomic mass is 9.99. The predicted octanol–water partition coefficient (Wildman–Crippen LogP) is 3.61. The van der Waals surface area contributed by atoms with Gasteiger partial charge >= 0.3 is 5.97 Å². The quantitative estimate of drug-likeness (QED) is 0.332. The Bertz CT molecular complexity index is 1070. The molecule has 4 rings (SSSR count). The fraction of sp³-hybridized carbons (Fsp3) is 0.273. The van der Waals surface area contributed by atoms with E-state index < -0.39 is 0 Å². The third-order valence-corrected chi connectivity index (χ3v) is 6.95. The first-order valence-corrected chi connectivity index (χ1v) is 11.6. The highest BCUT2D eigenvalue weighted by Gasteiger charge is 2.16. The van der Waals surface area contributed by atoms with Crippen LogP contribution in [0.15, 0.2) is 52.9 Å². The summed E-state index contributed by atoms with van der Waals surface area (Å²) in [5.74, 6) is -0.415. The van der Waals surface area contributed by atoms with E-state index in [0.29, 0.717) is 15.0 Å². The van der Waals surface area contributed by atoms with E-state index in [1.54, 1.807) is 0 Å². The molecule has 7 nitrogen and oxygen atoms in total. The standard InChI is InChI=1S/C22H22N4O3S2/c1-29-19(27)14-30-22-25-24-21(31-22)23-20(28)17-8-6-15(7-9-17)12-26-11-10-16-4-2-3-5-18(16)13-26/h2-9H,10-14H2,1H3,(H,23,24,28). The van der Waals surface area contributed by atoms with Crippen LogP contribution in [0.1, 0.15) is 27.0 Å². The van der Waals surface area contributed by atoms with Gasteiger partial charge in [0.2, 0.25) is 5.13 Å². The Morgan fingerprint density at radius 1 is 1.13 bits per heavy atom. The van der Waals surface area contributed by atoms with Gasteiger partial charge in [-0.05, 0) is 35.2 Å². The lowest BCUT2D eigenvalue weighted by molar-refractivity contribution is -0.137. The Balaban J connectivity index is 1.30. The average Bonchev–Trinajstić information content (AvgIpc) is 3.25. The third kappa shape index (κ3) is 5.69. The van der Waals surface area contributed by atoms with Crippen LogP contribution in [0.25, 0.3) is 0 Å². The number of hydrogen-bond donors (Lipinski definition) is 1. The summed E-state index contributed by atoms with van der Waals surface area (Å²) in [5.41, 5.74) is 4.57. The average molecular weight is 455 g/mol. The van der Waals surface area contributed by atoms with Gasteiger partial charge in [0.15, 0.2) is 4.34 Å². The minimum absolute atomic E-state index is 0.156. The molecule has 0 unspecified atom stereocenters. The van der Waals surface area contributed by atoms with Crippen LogP contribution in [-0.2, 0) is 29.0 Å². The molecule has 0 atom stereocenters. The van der Waals surface area contributed by atoms with E-state index in [2.05, 4.69) is 49.4 Å².